The molecule has 160 valence electrons. The number of benzene rings is 1. The molecule has 1 aromatic heterocycles. The predicted octanol–water partition coefficient (Wildman–Crippen LogP) is 4.25. The number of hydrogen-bond acceptors (Lipinski definition) is 7. The van der Waals surface area contributed by atoms with Gasteiger partial charge >= 0.3 is 0 Å². The molecule has 0 saturated heterocycles. The van der Waals surface area contributed by atoms with E-state index in [1.165, 1.54) is 6.07 Å². The lowest BCUT2D eigenvalue weighted by Gasteiger charge is -2.20. The summed E-state index contributed by atoms with van der Waals surface area (Å²) < 4.78 is 41.2. The molecule has 2 unspecified atom stereocenters. The van der Waals surface area contributed by atoms with E-state index in [0.717, 1.165) is 11.3 Å². The molecule has 2 aromatic rings. The number of ether oxygens (including phenoxy) is 2. The highest BCUT2D eigenvalue weighted by atomic mass is 32.1. The summed E-state index contributed by atoms with van der Waals surface area (Å²) in [6.45, 7) is 4.96. The molecule has 1 aliphatic rings. The first-order valence-electron chi connectivity index (χ1n) is 9.30. The monoisotopic (exact) mass is 430 g/mol. The smallest absolute Gasteiger partial charge is 0.282 e. The Morgan fingerprint density at radius 3 is 2.55 bits per heavy atom. The van der Waals surface area contributed by atoms with Crippen LogP contribution in [-0.4, -0.2) is 39.8 Å². The van der Waals surface area contributed by atoms with Gasteiger partial charge in [-0.15, -0.1) is 11.3 Å². The Balaban J connectivity index is 1.72. The number of nitrogens with one attached hydrogen (secondary N) is 1. The van der Waals surface area contributed by atoms with Crippen molar-refractivity contribution in [2.24, 2.45) is 0 Å². The molecule has 1 aliphatic heterocycles. The fourth-order valence-electron chi connectivity index (χ4n) is 2.95. The summed E-state index contributed by atoms with van der Waals surface area (Å²) in [7, 11) is 0. The highest BCUT2D eigenvalue weighted by Gasteiger charge is 2.35. The average molecular weight is 430 g/mol. The molecule has 29 heavy (non-hydrogen) atoms. The maximum Gasteiger partial charge on any atom is 0.282 e. The van der Waals surface area contributed by atoms with Crippen LogP contribution in [0.5, 0.6) is 11.5 Å². The van der Waals surface area contributed by atoms with Gasteiger partial charge in [-0.2, -0.15) is 0 Å². The summed E-state index contributed by atoms with van der Waals surface area (Å²) in [5, 5.41) is 19.5. The molecule has 3 rings (SSSR count). The number of amides is 1. The minimum Gasteiger partial charge on any atom is -0.451 e. The summed E-state index contributed by atoms with van der Waals surface area (Å²) in [4.78, 5) is 11.6. The molecular formula is C19H24F2N2O5S. The van der Waals surface area contributed by atoms with Crippen LogP contribution in [0.15, 0.2) is 18.2 Å². The second-order valence-electron chi connectivity index (χ2n) is 7.42. The molecule has 2 heterocycles. The maximum absolute atomic E-state index is 14.6. The van der Waals surface area contributed by atoms with Crippen LogP contribution >= 0.6 is 11.3 Å². The van der Waals surface area contributed by atoms with Crippen LogP contribution in [0.2, 0.25) is 0 Å². The van der Waals surface area contributed by atoms with Gasteiger partial charge in [0.2, 0.25) is 12.2 Å². The van der Waals surface area contributed by atoms with Crippen molar-refractivity contribution in [1.82, 2.24) is 10.5 Å². The fraction of sp³-hybridized carbons (Fsp3) is 0.526. The molecule has 1 aromatic carbocycles. The molecule has 1 amide bonds. The van der Waals surface area contributed by atoms with Crippen molar-refractivity contribution in [2.75, 3.05) is 0 Å². The number of fused-ring (bicyclic) bond motifs is 2. The van der Waals surface area contributed by atoms with Crippen molar-refractivity contribution in [1.29, 1.82) is 0 Å². The lowest BCUT2D eigenvalue weighted by atomic mass is 10.1. The van der Waals surface area contributed by atoms with Crippen molar-refractivity contribution >= 4 is 27.3 Å². The van der Waals surface area contributed by atoms with E-state index in [9.17, 15) is 18.8 Å². The summed E-state index contributed by atoms with van der Waals surface area (Å²) >= 11 is 0.931. The van der Waals surface area contributed by atoms with Gasteiger partial charge in [0, 0.05) is 36.1 Å². The SMILES string of the molecule is CC(CC1Oc2cc3cc(C(F)(F)CCC(=O)N(O)C(C)C)sc3cc2O1)NO. The van der Waals surface area contributed by atoms with E-state index in [1.807, 2.05) is 0 Å². The Kier molecular flexibility index (Phi) is 6.27. The molecule has 7 nitrogen and oxygen atoms in total. The van der Waals surface area contributed by atoms with Crippen LogP contribution < -0.4 is 15.0 Å². The number of rotatable bonds is 8. The quantitative estimate of drug-likeness (QED) is 0.428. The number of carbonyl (C=O) groups excluding carboxylic acids is 1. The number of hydroxylamine groups is 3. The van der Waals surface area contributed by atoms with Crippen molar-refractivity contribution in [3.05, 3.63) is 23.1 Å². The maximum atomic E-state index is 14.6. The topological polar surface area (TPSA) is 91.3 Å². The van der Waals surface area contributed by atoms with Crippen molar-refractivity contribution < 1.29 is 33.5 Å². The van der Waals surface area contributed by atoms with E-state index < -0.39 is 37.0 Å². The van der Waals surface area contributed by atoms with E-state index in [2.05, 4.69) is 5.48 Å². The van der Waals surface area contributed by atoms with Crippen LogP contribution in [-0.2, 0) is 10.7 Å². The van der Waals surface area contributed by atoms with Crippen LogP contribution in [0.4, 0.5) is 8.78 Å². The molecule has 0 radical (unpaired) electrons. The zero-order valence-electron chi connectivity index (χ0n) is 16.3. The van der Waals surface area contributed by atoms with E-state index in [4.69, 9.17) is 14.7 Å². The summed E-state index contributed by atoms with van der Waals surface area (Å²) in [6.07, 6.45) is -1.31. The molecule has 0 bridgehead atoms. The van der Waals surface area contributed by atoms with Crippen molar-refractivity contribution in [3.8, 4) is 11.5 Å². The third-order valence-electron chi connectivity index (χ3n) is 4.62. The highest BCUT2D eigenvalue weighted by molar-refractivity contribution is 7.19. The highest BCUT2D eigenvalue weighted by Crippen LogP contribution is 2.45. The van der Waals surface area contributed by atoms with Gasteiger partial charge in [-0.3, -0.25) is 10.0 Å². The van der Waals surface area contributed by atoms with Gasteiger partial charge in [-0.25, -0.2) is 19.3 Å². The second kappa shape index (κ2) is 8.39. The Hall–Kier alpha value is -2.01. The van der Waals surface area contributed by atoms with Gasteiger partial charge in [0.25, 0.3) is 5.92 Å². The zero-order chi connectivity index (χ0) is 21.3. The summed E-state index contributed by atoms with van der Waals surface area (Å²) in [6, 6.07) is 4.00. The third kappa shape index (κ3) is 4.77. The normalized spacial score (nSPS) is 17.2. The van der Waals surface area contributed by atoms with Gasteiger partial charge in [0.1, 0.15) is 0 Å². The second-order valence-corrected chi connectivity index (χ2v) is 8.50. The Morgan fingerprint density at radius 2 is 1.93 bits per heavy atom. The lowest BCUT2D eigenvalue weighted by Crippen LogP contribution is -2.34. The molecule has 0 aliphatic carbocycles. The number of halogens is 2. The van der Waals surface area contributed by atoms with Crippen LogP contribution in [0.25, 0.3) is 10.1 Å². The lowest BCUT2D eigenvalue weighted by molar-refractivity contribution is -0.174. The number of alkyl halides is 2. The zero-order valence-corrected chi connectivity index (χ0v) is 17.1. The van der Waals surface area contributed by atoms with E-state index in [1.54, 1.807) is 32.9 Å². The molecular weight excluding hydrogens is 406 g/mol. The molecule has 10 heteroatoms. The van der Waals surface area contributed by atoms with Gasteiger partial charge in [0.05, 0.1) is 10.9 Å². The Morgan fingerprint density at radius 1 is 1.28 bits per heavy atom. The van der Waals surface area contributed by atoms with Gasteiger partial charge in [0.15, 0.2) is 11.5 Å². The standard InChI is InChI=1S/C19H24F2N2O5S/c1-10(2)23(26)17(24)4-5-19(20,21)16-8-12-7-13-14(9-15(12)29-16)28-18(27-13)6-11(3)22-25/h7-11,18,22,25-26H,4-6H2,1-3H3. The number of carbonyl (C=O) groups is 1. The summed E-state index contributed by atoms with van der Waals surface area (Å²) in [5.41, 5.74) is 2.12. The number of thiophene rings is 1. The average Bonchev–Trinajstić information content (AvgIpc) is 3.25. The van der Waals surface area contributed by atoms with Gasteiger partial charge in [-0.05, 0) is 38.3 Å². The fourth-order valence-corrected chi connectivity index (χ4v) is 4.02. The van der Waals surface area contributed by atoms with E-state index in [0.29, 0.717) is 33.1 Å². The molecule has 2 atom stereocenters. The van der Waals surface area contributed by atoms with Crippen molar-refractivity contribution in [3.63, 3.8) is 0 Å². The summed E-state index contributed by atoms with van der Waals surface area (Å²) in [5.74, 6) is -3.01. The Labute approximate surface area is 170 Å². The molecule has 0 saturated carbocycles. The first-order chi connectivity index (χ1) is 13.6. The number of nitrogens with zero attached hydrogens (tertiary/aromatic N) is 1. The van der Waals surface area contributed by atoms with Crippen LogP contribution in [0, 0.1) is 0 Å². The van der Waals surface area contributed by atoms with E-state index in [-0.39, 0.29) is 10.9 Å². The predicted molar refractivity (Wildman–Crippen MR) is 103 cm³/mol. The largest absolute Gasteiger partial charge is 0.451 e. The van der Waals surface area contributed by atoms with E-state index >= 15 is 0 Å². The third-order valence-corrected chi connectivity index (χ3v) is 5.83. The van der Waals surface area contributed by atoms with Crippen LogP contribution in [0.1, 0.15) is 44.9 Å². The number of hydrogen-bond donors (Lipinski definition) is 3. The minimum absolute atomic E-state index is 0.160. The van der Waals surface area contributed by atoms with Crippen LogP contribution in [0.3, 0.4) is 0 Å². The van der Waals surface area contributed by atoms with Crippen molar-refractivity contribution in [2.45, 2.75) is 64.3 Å². The molecule has 0 spiro atoms. The van der Waals surface area contributed by atoms with Gasteiger partial charge < -0.3 is 14.7 Å². The molecule has 3 N–H and O–H groups in total. The Bertz CT molecular complexity index is 846. The first-order valence-corrected chi connectivity index (χ1v) is 10.1. The molecule has 0 fully saturated rings. The first kappa shape index (κ1) is 21.7. The van der Waals surface area contributed by atoms with Gasteiger partial charge in [-0.1, -0.05) is 0 Å². The minimum atomic E-state index is -3.20.